The summed E-state index contributed by atoms with van der Waals surface area (Å²) in [6, 6.07) is 0.846. The molecule has 0 aromatic rings. The van der Waals surface area contributed by atoms with Crippen LogP contribution in [-0.4, -0.2) is 29.9 Å². The summed E-state index contributed by atoms with van der Waals surface area (Å²) >= 11 is 0. The lowest BCUT2D eigenvalue weighted by molar-refractivity contribution is -0.123. The molecule has 1 saturated heterocycles. The van der Waals surface area contributed by atoms with Gasteiger partial charge in [-0.05, 0) is 38.8 Å². The summed E-state index contributed by atoms with van der Waals surface area (Å²) in [5.74, 6) is 0.0467. The number of nitrogens with two attached hydrogens (primary N) is 1. The maximum atomic E-state index is 10.9. The number of carbonyl (C=O) groups is 1. The van der Waals surface area contributed by atoms with Crippen LogP contribution in [0.2, 0.25) is 0 Å². The molecule has 13 heavy (non-hydrogen) atoms. The van der Waals surface area contributed by atoms with E-state index in [4.69, 9.17) is 5.73 Å². The fourth-order valence-corrected chi connectivity index (χ4v) is 1.99. The summed E-state index contributed by atoms with van der Waals surface area (Å²) in [7, 11) is 0. The number of primary amides is 1. The van der Waals surface area contributed by atoms with Gasteiger partial charge in [-0.3, -0.25) is 4.79 Å². The van der Waals surface area contributed by atoms with E-state index in [0.717, 1.165) is 32.0 Å². The lowest BCUT2D eigenvalue weighted by Gasteiger charge is -2.30. The molecule has 3 nitrogen and oxygen atoms in total. The van der Waals surface area contributed by atoms with Crippen LogP contribution in [0.15, 0.2) is 0 Å². The van der Waals surface area contributed by atoms with Gasteiger partial charge in [0.25, 0.3) is 0 Å². The lowest BCUT2D eigenvalue weighted by Crippen LogP contribution is -2.39. The van der Waals surface area contributed by atoms with Crippen molar-refractivity contribution >= 4 is 18.3 Å². The number of amides is 1. The molecule has 4 heteroatoms. The van der Waals surface area contributed by atoms with E-state index >= 15 is 0 Å². The highest BCUT2D eigenvalue weighted by atomic mass is 35.5. The summed E-state index contributed by atoms with van der Waals surface area (Å²) in [5.41, 5.74) is 5.25. The van der Waals surface area contributed by atoms with Crippen molar-refractivity contribution in [2.75, 3.05) is 13.1 Å². The van der Waals surface area contributed by atoms with Crippen molar-refractivity contribution in [1.82, 2.24) is 4.90 Å². The molecule has 0 aromatic carbocycles. The van der Waals surface area contributed by atoms with Gasteiger partial charge in [-0.15, -0.1) is 12.4 Å². The second kappa shape index (κ2) is 4.29. The third kappa shape index (κ3) is 2.58. The maximum Gasteiger partial charge on any atom is 0.220 e. The van der Waals surface area contributed by atoms with E-state index in [1.54, 1.807) is 0 Å². The van der Waals surface area contributed by atoms with Crippen LogP contribution in [0.3, 0.4) is 0 Å². The fourth-order valence-electron chi connectivity index (χ4n) is 1.99. The Morgan fingerprint density at radius 2 is 1.69 bits per heavy atom. The number of rotatable bonds is 2. The first-order chi connectivity index (χ1) is 5.77. The number of nitrogens with zero attached hydrogens (tertiary/aromatic N) is 1. The number of carbonyl (C=O) groups excluding carboxylic acids is 1. The summed E-state index contributed by atoms with van der Waals surface area (Å²) in [6.07, 6.45) is 4.68. The van der Waals surface area contributed by atoms with Crippen molar-refractivity contribution in [3.63, 3.8) is 0 Å². The predicted octanol–water partition coefficient (Wildman–Crippen LogP) is 0.768. The normalized spacial score (nSPS) is 25.2. The predicted molar refractivity (Wildman–Crippen MR) is 53.8 cm³/mol. The van der Waals surface area contributed by atoms with Crippen LogP contribution in [0.1, 0.15) is 25.7 Å². The van der Waals surface area contributed by atoms with Crippen LogP contribution in [0.5, 0.6) is 0 Å². The minimum atomic E-state index is -0.106. The Kier molecular flexibility index (Phi) is 3.56. The van der Waals surface area contributed by atoms with Gasteiger partial charge in [0.15, 0.2) is 0 Å². The third-order valence-electron chi connectivity index (χ3n) is 3.00. The monoisotopic (exact) mass is 204 g/mol. The first-order valence-electron chi connectivity index (χ1n) is 4.81. The van der Waals surface area contributed by atoms with Crippen molar-refractivity contribution in [3.05, 3.63) is 0 Å². The molecule has 0 aromatic heterocycles. The molecule has 2 fully saturated rings. The molecule has 2 rings (SSSR count). The highest BCUT2D eigenvalue weighted by molar-refractivity contribution is 5.85. The van der Waals surface area contributed by atoms with Crippen molar-refractivity contribution in [2.24, 2.45) is 11.7 Å². The lowest BCUT2D eigenvalue weighted by atomic mass is 9.96. The largest absolute Gasteiger partial charge is 0.369 e. The van der Waals surface area contributed by atoms with E-state index in [1.807, 2.05) is 0 Å². The Morgan fingerprint density at radius 3 is 2.08 bits per heavy atom. The first-order valence-corrected chi connectivity index (χ1v) is 4.81. The highest BCUT2D eigenvalue weighted by Gasteiger charge is 2.32. The molecule has 2 aliphatic rings. The zero-order chi connectivity index (χ0) is 8.55. The topological polar surface area (TPSA) is 46.3 Å². The van der Waals surface area contributed by atoms with Gasteiger partial charge in [-0.2, -0.15) is 0 Å². The zero-order valence-corrected chi connectivity index (χ0v) is 8.55. The average molecular weight is 205 g/mol. The Bertz CT molecular complexity index is 186. The fraction of sp³-hybridized carbons (Fsp3) is 0.889. The van der Waals surface area contributed by atoms with Crippen molar-refractivity contribution in [3.8, 4) is 0 Å². The molecule has 2 N–H and O–H groups in total. The van der Waals surface area contributed by atoms with Crippen LogP contribution in [-0.2, 0) is 4.79 Å². The SMILES string of the molecule is Cl.NC(=O)C1CCN(C2CC2)CC1. The Hall–Kier alpha value is -0.280. The molecular weight excluding hydrogens is 188 g/mol. The van der Waals surface area contributed by atoms with Crippen LogP contribution >= 0.6 is 12.4 Å². The van der Waals surface area contributed by atoms with Gasteiger partial charge in [-0.1, -0.05) is 0 Å². The average Bonchev–Trinajstić information content (AvgIpc) is 2.87. The molecule has 1 amide bonds. The molecule has 0 atom stereocenters. The quantitative estimate of drug-likeness (QED) is 0.722. The molecule has 0 spiro atoms. The molecule has 1 saturated carbocycles. The van der Waals surface area contributed by atoms with Crippen LogP contribution in [0.25, 0.3) is 0 Å². The van der Waals surface area contributed by atoms with Gasteiger partial charge in [0.1, 0.15) is 0 Å². The molecule has 76 valence electrons. The Balaban J connectivity index is 0.000000845. The number of piperidine rings is 1. The van der Waals surface area contributed by atoms with E-state index in [9.17, 15) is 4.79 Å². The van der Waals surface area contributed by atoms with Crippen LogP contribution < -0.4 is 5.73 Å². The molecule has 1 heterocycles. The zero-order valence-electron chi connectivity index (χ0n) is 7.74. The van der Waals surface area contributed by atoms with E-state index < -0.39 is 0 Å². The molecule has 0 bridgehead atoms. The maximum absolute atomic E-state index is 10.9. The smallest absolute Gasteiger partial charge is 0.220 e. The van der Waals surface area contributed by atoms with E-state index in [2.05, 4.69) is 4.90 Å². The minimum Gasteiger partial charge on any atom is -0.369 e. The van der Waals surface area contributed by atoms with E-state index in [-0.39, 0.29) is 24.2 Å². The van der Waals surface area contributed by atoms with Crippen molar-refractivity contribution in [1.29, 1.82) is 0 Å². The van der Waals surface area contributed by atoms with Crippen molar-refractivity contribution in [2.45, 2.75) is 31.7 Å². The first kappa shape index (κ1) is 10.8. The van der Waals surface area contributed by atoms with Gasteiger partial charge < -0.3 is 10.6 Å². The molecule has 1 aliphatic heterocycles. The minimum absolute atomic E-state index is 0. The van der Waals surface area contributed by atoms with E-state index in [0.29, 0.717) is 0 Å². The Morgan fingerprint density at radius 1 is 1.15 bits per heavy atom. The molecule has 0 unspecified atom stereocenters. The standard InChI is InChI=1S/C9H16N2O.ClH/c10-9(12)7-3-5-11(6-4-7)8-1-2-8;/h7-8H,1-6H2,(H2,10,12);1H. The summed E-state index contributed by atoms with van der Waals surface area (Å²) in [5, 5.41) is 0. The molecular formula is C9H17ClN2O. The molecule has 1 aliphatic carbocycles. The van der Waals surface area contributed by atoms with Gasteiger partial charge in [0.2, 0.25) is 5.91 Å². The van der Waals surface area contributed by atoms with Gasteiger partial charge in [0, 0.05) is 12.0 Å². The second-order valence-electron chi connectivity index (χ2n) is 3.94. The van der Waals surface area contributed by atoms with Crippen molar-refractivity contribution < 1.29 is 4.79 Å². The van der Waals surface area contributed by atoms with Crippen LogP contribution in [0.4, 0.5) is 0 Å². The number of likely N-dealkylation sites (tertiary alicyclic amines) is 1. The van der Waals surface area contributed by atoms with Gasteiger partial charge in [0.05, 0.1) is 0 Å². The Labute approximate surface area is 85.1 Å². The second-order valence-corrected chi connectivity index (χ2v) is 3.94. The number of hydrogen-bond acceptors (Lipinski definition) is 2. The molecule has 0 radical (unpaired) electrons. The summed E-state index contributed by atoms with van der Waals surface area (Å²) in [4.78, 5) is 13.3. The summed E-state index contributed by atoms with van der Waals surface area (Å²) < 4.78 is 0. The number of halogens is 1. The van der Waals surface area contributed by atoms with Gasteiger partial charge >= 0.3 is 0 Å². The summed E-state index contributed by atoms with van der Waals surface area (Å²) in [6.45, 7) is 2.16. The van der Waals surface area contributed by atoms with Crippen LogP contribution in [0, 0.1) is 5.92 Å². The van der Waals surface area contributed by atoms with Gasteiger partial charge in [-0.25, -0.2) is 0 Å². The van der Waals surface area contributed by atoms with E-state index in [1.165, 1.54) is 12.8 Å². The number of hydrogen-bond donors (Lipinski definition) is 1. The third-order valence-corrected chi connectivity index (χ3v) is 3.00. The highest BCUT2D eigenvalue weighted by Crippen LogP contribution is 2.30.